The highest BCUT2D eigenvalue weighted by Crippen LogP contribution is 2.11. The van der Waals surface area contributed by atoms with Gasteiger partial charge in [0.15, 0.2) is 5.96 Å². The molecule has 29 heavy (non-hydrogen) atoms. The van der Waals surface area contributed by atoms with Crippen LogP contribution < -0.4 is 15.4 Å². The molecule has 164 valence electrons. The third kappa shape index (κ3) is 9.65. The molecule has 0 spiro atoms. The Hall–Kier alpha value is -2.28. The lowest BCUT2D eigenvalue weighted by Crippen LogP contribution is -2.44. The van der Waals surface area contributed by atoms with Crippen molar-refractivity contribution in [3.05, 3.63) is 29.8 Å². The molecule has 0 bridgehead atoms. The molecule has 2 N–H and O–H groups in total. The Labute approximate surface area is 176 Å². The van der Waals surface area contributed by atoms with E-state index in [0.29, 0.717) is 24.6 Å². The summed E-state index contributed by atoms with van der Waals surface area (Å²) in [5.74, 6) is 1.48. The van der Waals surface area contributed by atoms with Crippen molar-refractivity contribution in [2.24, 2.45) is 4.99 Å². The first-order valence-corrected chi connectivity index (χ1v) is 10.4. The Bertz CT molecular complexity index is 619. The predicted molar refractivity (Wildman–Crippen MR) is 120 cm³/mol. The molecule has 0 radical (unpaired) electrons. The Morgan fingerprint density at radius 3 is 2.21 bits per heavy atom. The van der Waals surface area contributed by atoms with Crippen LogP contribution in [0.5, 0.6) is 5.75 Å². The van der Waals surface area contributed by atoms with Crippen LogP contribution in [0.15, 0.2) is 29.3 Å². The summed E-state index contributed by atoms with van der Waals surface area (Å²) in [4.78, 5) is 20.6. The number of likely N-dealkylation sites (N-methyl/N-ethyl adjacent to an activating group) is 1. The normalized spacial score (nSPS) is 11.9. The minimum atomic E-state index is 0.00902. The van der Waals surface area contributed by atoms with Crippen LogP contribution in [0.1, 0.15) is 39.7 Å². The molecule has 1 aromatic carbocycles. The molecular weight excluding hydrogens is 366 g/mol. The Morgan fingerprint density at radius 2 is 1.69 bits per heavy atom. The average Bonchev–Trinajstić information content (AvgIpc) is 2.68. The lowest BCUT2D eigenvalue weighted by molar-refractivity contribution is -0.127. The maximum atomic E-state index is 11.9. The summed E-state index contributed by atoms with van der Waals surface area (Å²) in [5.41, 5.74) is 1.08. The number of benzene rings is 1. The van der Waals surface area contributed by atoms with Crippen molar-refractivity contribution in [2.75, 3.05) is 40.8 Å². The van der Waals surface area contributed by atoms with Crippen molar-refractivity contribution in [1.82, 2.24) is 20.4 Å². The molecule has 0 unspecified atom stereocenters. The molecule has 1 rings (SSSR count). The van der Waals surface area contributed by atoms with Gasteiger partial charge in [-0.3, -0.25) is 9.69 Å². The standard InChI is InChI=1S/C22H39N5O2/c1-17(2)27(18(3)4)14-8-13-23-22(25-16-21(28)26(5)6)24-15-19-9-11-20(29-7)12-10-19/h9-12,17-18H,8,13-16H2,1-7H3,(H2,23,24,25). The summed E-state index contributed by atoms with van der Waals surface area (Å²) in [6, 6.07) is 8.88. The summed E-state index contributed by atoms with van der Waals surface area (Å²) in [6.07, 6.45) is 1.00. The Morgan fingerprint density at radius 1 is 1.07 bits per heavy atom. The van der Waals surface area contributed by atoms with Gasteiger partial charge in [-0.15, -0.1) is 0 Å². The number of aliphatic imine (C=N–C) groups is 1. The molecular formula is C22H39N5O2. The first-order valence-electron chi connectivity index (χ1n) is 10.4. The minimum absolute atomic E-state index is 0.00902. The molecule has 0 aliphatic rings. The molecule has 0 aliphatic carbocycles. The topological polar surface area (TPSA) is 69.2 Å². The molecule has 7 nitrogen and oxygen atoms in total. The van der Waals surface area contributed by atoms with Gasteiger partial charge in [-0.25, -0.2) is 4.99 Å². The molecule has 7 heteroatoms. The average molecular weight is 406 g/mol. The zero-order valence-electron chi connectivity index (χ0n) is 19.2. The van der Waals surface area contributed by atoms with E-state index >= 15 is 0 Å². The number of guanidine groups is 1. The van der Waals surface area contributed by atoms with Gasteiger partial charge < -0.3 is 20.3 Å². The van der Waals surface area contributed by atoms with Crippen molar-refractivity contribution in [1.29, 1.82) is 0 Å². The number of methoxy groups -OCH3 is 1. The highest BCUT2D eigenvalue weighted by Gasteiger charge is 2.12. The van der Waals surface area contributed by atoms with E-state index in [1.807, 2.05) is 24.3 Å². The molecule has 0 atom stereocenters. The van der Waals surface area contributed by atoms with Crippen LogP contribution >= 0.6 is 0 Å². The van der Waals surface area contributed by atoms with Gasteiger partial charge in [0.05, 0.1) is 20.2 Å². The summed E-state index contributed by atoms with van der Waals surface area (Å²) in [5, 5.41) is 6.49. The quantitative estimate of drug-likeness (QED) is 0.336. The number of carbonyl (C=O) groups is 1. The van der Waals surface area contributed by atoms with Crippen LogP contribution in [-0.2, 0) is 11.3 Å². The van der Waals surface area contributed by atoms with Gasteiger partial charge in [0, 0.05) is 39.3 Å². The van der Waals surface area contributed by atoms with Gasteiger partial charge in [-0.05, 0) is 51.8 Å². The van der Waals surface area contributed by atoms with Crippen LogP contribution in [0.4, 0.5) is 0 Å². The summed E-state index contributed by atoms with van der Waals surface area (Å²) < 4.78 is 5.19. The van der Waals surface area contributed by atoms with E-state index < -0.39 is 0 Å². The second-order valence-electron chi connectivity index (χ2n) is 7.86. The van der Waals surface area contributed by atoms with Crippen LogP contribution in [-0.4, -0.2) is 74.6 Å². The van der Waals surface area contributed by atoms with E-state index in [1.54, 1.807) is 26.1 Å². The summed E-state index contributed by atoms with van der Waals surface area (Å²) in [7, 11) is 5.15. The fourth-order valence-electron chi connectivity index (χ4n) is 2.97. The fourth-order valence-corrected chi connectivity index (χ4v) is 2.97. The van der Waals surface area contributed by atoms with Gasteiger partial charge in [-0.1, -0.05) is 12.1 Å². The van der Waals surface area contributed by atoms with Crippen LogP contribution in [0.25, 0.3) is 0 Å². The first kappa shape index (κ1) is 24.8. The van der Waals surface area contributed by atoms with Crippen molar-refractivity contribution in [3.8, 4) is 5.75 Å². The van der Waals surface area contributed by atoms with Crippen molar-refractivity contribution in [3.63, 3.8) is 0 Å². The number of hydrogen-bond acceptors (Lipinski definition) is 4. The van der Waals surface area contributed by atoms with Crippen molar-refractivity contribution >= 4 is 11.9 Å². The maximum absolute atomic E-state index is 11.9. The predicted octanol–water partition coefficient (Wildman–Crippen LogP) is 2.33. The number of ether oxygens (including phenoxy) is 1. The number of amides is 1. The second kappa shape index (κ2) is 13.0. The molecule has 0 fully saturated rings. The second-order valence-corrected chi connectivity index (χ2v) is 7.86. The van der Waals surface area contributed by atoms with Crippen LogP contribution in [0.2, 0.25) is 0 Å². The third-order valence-corrected chi connectivity index (χ3v) is 4.70. The molecule has 1 aromatic rings. The third-order valence-electron chi connectivity index (χ3n) is 4.70. The van der Waals surface area contributed by atoms with E-state index in [1.165, 1.54) is 0 Å². The number of nitrogens with zero attached hydrogens (tertiary/aromatic N) is 3. The Kier molecular flexibility index (Phi) is 11.1. The number of hydrogen-bond donors (Lipinski definition) is 2. The molecule has 1 amide bonds. The van der Waals surface area contributed by atoms with E-state index in [-0.39, 0.29) is 12.5 Å². The molecule has 0 saturated heterocycles. The molecule has 0 heterocycles. The molecule has 0 saturated carbocycles. The zero-order valence-corrected chi connectivity index (χ0v) is 19.2. The van der Waals surface area contributed by atoms with E-state index in [4.69, 9.17) is 4.74 Å². The lowest BCUT2D eigenvalue weighted by Gasteiger charge is -2.30. The zero-order chi connectivity index (χ0) is 21.8. The van der Waals surface area contributed by atoms with Gasteiger partial charge in [0.25, 0.3) is 0 Å². The number of nitrogens with one attached hydrogen (secondary N) is 2. The van der Waals surface area contributed by atoms with E-state index in [9.17, 15) is 4.79 Å². The fraction of sp³-hybridized carbons (Fsp3) is 0.636. The summed E-state index contributed by atoms with van der Waals surface area (Å²) in [6.45, 7) is 11.5. The lowest BCUT2D eigenvalue weighted by atomic mass is 10.2. The maximum Gasteiger partial charge on any atom is 0.241 e. The smallest absolute Gasteiger partial charge is 0.241 e. The van der Waals surface area contributed by atoms with Gasteiger partial charge in [-0.2, -0.15) is 0 Å². The highest BCUT2D eigenvalue weighted by molar-refractivity contribution is 5.86. The van der Waals surface area contributed by atoms with Gasteiger partial charge in [0.1, 0.15) is 5.75 Å². The van der Waals surface area contributed by atoms with E-state index in [2.05, 4.69) is 48.2 Å². The molecule has 0 aromatic heterocycles. The Balaban J connectivity index is 2.65. The number of rotatable bonds is 11. The minimum Gasteiger partial charge on any atom is -0.497 e. The van der Waals surface area contributed by atoms with Gasteiger partial charge >= 0.3 is 0 Å². The largest absolute Gasteiger partial charge is 0.497 e. The SMILES string of the molecule is COc1ccc(CN=C(NCCCN(C(C)C)C(C)C)NCC(=O)N(C)C)cc1. The van der Waals surface area contributed by atoms with E-state index in [0.717, 1.165) is 30.8 Å². The number of carbonyl (C=O) groups excluding carboxylic acids is 1. The van der Waals surface area contributed by atoms with Crippen molar-refractivity contribution < 1.29 is 9.53 Å². The van der Waals surface area contributed by atoms with Crippen molar-refractivity contribution in [2.45, 2.75) is 52.7 Å². The van der Waals surface area contributed by atoms with Crippen LogP contribution in [0.3, 0.4) is 0 Å². The monoisotopic (exact) mass is 405 g/mol. The van der Waals surface area contributed by atoms with Gasteiger partial charge in [0.2, 0.25) is 5.91 Å². The molecule has 0 aliphatic heterocycles. The van der Waals surface area contributed by atoms with Crippen LogP contribution in [0, 0.1) is 0 Å². The first-order chi connectivity index (χ1) is 13.7. The summed E-state index contributed by atoms with van der Waals surface area (Å²) >= 11 is 0. The highest BCUT2D eigenvalue weighted by atomic mass is 16.5.